The molecule has 172 valence electrons. The molecule has 0 aliphatic carbocycles. The van der Waals surface area contributed by atoms with Crippen LogP contribution in [-0.4, -0.2) is 76.5 Å². The van der Waals surface area contributed by atoms with Gasteiger partial charge in [0.05, 0.1) is 10.7 Å². The average Bonchev–Trinajstić information content (AvgIpc) is 3.08. The molecule has 0 radical (unpaired) electrons. The van der Waals surface area contributed by atoms with E-state index in [9.17, 15) is 0 Å². The summed E-state index contributed by atoms with van der Waals surface area (Å²) in [6, 6.07) is 1.97. The number of aliphatic imine (C=N–C) groups is 1. The van der Waals surface area contributed by atoms with Crippen LogP contribution in [0.15, 0.2) is 23.5 Å². The fourth-order valence-corrected chi connectivity index (χ4v) is 3.54. The summed E-state index contributed by atoms with van der Waals surface area (Å²) in [4.78, 5) is 13.5. The number of nitrogens with one attached hydrogen (secondary N) is 1. The zero-order valence-electron chi connectivity index (χ0n) is 18.4. The van der Waals surface area contributed by atoms with Crippen LogP contribution in [0.1, 0.15) is 25.0 Å². The molecule has 0 spiro atoms. The van der Waals surface area contributed by atoms with Crippen LogP contribution in [0.4, 0.5) is 5.69 Å². The molecule has 0 atom stereocenters. The van der Waals surface area contributed by atoms with Gasteiger partial charge in [-0.1, -0.05) is 11.6 Å². The molecule has 0 aromatic carbocycles. The minimum absolute atomic E-state index is 0. The number of aryl methyl sites for hydroxylation is 1. The lowest BCUT2D eigenvalue weighted by Gasteiger charge is -2.38. The second-order valence-electron chi connectivity index (χ2n) is 7.14. The summed E-state index contributed by atoms with van der Waals surface area (Å²) in [7, 11) is 1.96. The van der Waals surface area contributed by atoms with E-state index in [1.54, 1.807) is 12.4 Å². The third-order valence-corrected chi connectivity index (χ3v) is 5.47. The Kier molecular flexibility index (Phi) is 10.7. The van der Waals surface area contributed by atoms with Gasteiger partial charge in [-0.05, 0) is 26.3 Å². The van der Waals surface area contributed by atoms with Gasteiger partial charge in [0.25, 0.3) is 0 Å². The number of rotatable bonds is 8. The molecule has 0 amide bonds. The summed E-state index contributed by atoms with van der Waals surface area (Å²) in [6.07, 6.45) is 4.41. The van der Waals surface area contributed by atoms with E-state index < -0.39 is 0 Å². The maximum absolute atomic E-state index is 6.32. The standard InChI is InChI=1S/C20H31ClN8O.HI/c1-4-30-13-5-7-23-20(24-15-19-26-25-16(2)27(19)3)29-11-9-28(10-12-29)18-6-8-22-14-17(18)21;/h6,8,14H,4-5,7,9-13,15H2,1-3H3,(H,23,24);1H. The first kappa shape index (κ1) is 25.6. The molecule has 1 fully saturated rings. The Morgan fingerprint density at radius 3 is 2.68 bits per heavy atom. The monoisotopic (exact) mass is 562 g/mol. The molecule has 9 nitrogen and oxygen atoms in total. The molecule has 0 unspecified atom stereocenters. The largest absolute Gasteiger partial charge is 0.382 e. The van der Waals surface area contributed by atoms with Crippen molar-refractivity contribution in [2.75, 3.05) is 50.8 Å². The number of halogens is 2. The molecule has 2 aromatic rings. The predicted octanol–water partition coefficient (Wildman–Crippen LogP) is 2.48. The molecule has 2 aromatic heterocycles. The lowest BCUT2D eigenvalue weighted by molar-refractivity contribution is 0.145. The highest BCUT2D eigenvalue weighted by Crippen LogP contribution is 2.25. The Morgan fingerprint density at radius 2 is 2.03 bits per heavy atom. The van der Waals surface area contributed by atoms with Crippen LogP contribution in [0.2, 0.25) is 5.02 Å². The zero-order chi connectivity index (χ0) is 21.3. The van der Waals surface area contributed by atoms with E-state index in [-0.39, 0.29) is 24.0 Å². The Morgan fingerprint density at radius 1 is 1.26 bits per heavy atom. The van der Waals surface area contributed by atoms with E-state index >= 15 is 0 Å². The first-order chi connectivity index (χ1) is 14.6. The van der Waals surface area contributed by atoms with Crippen molar-refractivity contribution in [2.45, 2.75) is 26.8 Å². The highest BCUT2D eigenvalue weighted by molar-refractivity contribution is 14.0. The van der Waals surface area contributed by atoms with Crippen molar-refractivity contribution < 1.29 is 4.74 Å². The van der Waals surface area contributed by atoms with Gasteiger partial charge in [0, 0.05) is 65.4 Å². The van der Waals surface area contributed by atoms with Crippen molar-refractivity contribution in [3.8, 4) is 0 Å². The Labute approximate surface area is 206 Å². The molecule has 3 rings (SSSR count). The molecule has 1 aliphatic rings. The smallest absolute Gasteiger partial charge is 0.194 e. The minimum atomic E-state index is 0. The van der Waals surface area contributed by atoms with Crippen molar-refractivity contribution in [1.82, 2.24) is 30.0 Å². The lowest BCUT2D eigenvalue weighted by Crippen LogP contribution is -2.52. The van der Waals surface area contributed by atoms with Crippen molar-refractivity contribution in [1.29, 1.82) is 0 Å². The molecule has 0 bridgehead atoms. The summed E-state index contributed by atoms with van der Waals surface area (Å²) in [5.74, 6) is 2.63. The van der Waals surface area contributed by atoms with E-state index in [4.69, 9.17) is 21.3 Å². The number of guanidine groups is 1. The number of pyridine rings is 1. The van der Waals surface area contributed by atoms with Crippen LogP contribution < -0.4 is 10.2 Å². The number of ether oxygens (including phenoxy) is 1. The SMILES string of the molecule is CCOCCCNC(=NCc1nnc(C)n1C)N1CCN(c2ccncc2Cl)CC1.I. The van der Waals surface area contributed by atoms with Gasteiger partial charge >= 0.3 is 0 Å². The molecule has 11 heteroatoms. The molecule has 1 N–H and O–H groups in total. The van der Waals surface area contributed by atoms with Gasteiger partial charge in [0.15, 0.2) is 11.8 Å². The van der Waals surface area contributed by atoms with Crippen LogP contribution in [0.5, 0.6) is 0 Å². The van der Waals surface area contributed by atoms with Crippen molar-refractivity contribution in [3.63, 3.8) is 0 Å². The molecule has 0 saturated carbocycles. The second-order valence-corrected chi connectivity index (χ2v) is 7.55. The maximum Gasteiger partial charge on any atom is 0.194 e. The van der Waals surface area contributed by atoms with E-state index in [1.165, 1.54) is 0 Å². The number of hydrogen-bond acceptors (Lipinski definition) is 6. The van der Waals surface area contributed by atoms with Crippen LogP contribution in [0, 0.1) is 6.92 Å². The fourth-order valence-electron chi connectivity index (χ4n) is 3.30. The highest BCUT2D eigenvalue weighted by atomic mass is 127. The van der Waals surface area contributed by atoms with Crippen LogP contribution in [-0.2, 0) is 18.3 Å². The van der Waals surface area contributed by atoms with Crippen LogP contribution in [0.3, 0.4) is 0 Å². The third kappa shape index (κ3) is 7.18. The normalized spacial score (nSPS) is 14.5. The molecular weight excluding hydrogens is 531 g/mol. The Balaban J connectivity index is 0.00000341. The Bertz CT molecular complexity index is 838. The molecule has 1 saturated heterocycles. The number of anilines is 1. The van der Waals surface area contributed by atoms with Gasteiger partial charge in [0.2, 0.25) is 0 Å². The third-order valence-electron chi connectivity index (χ3n) is 5.18. The zero-order valence-corrected chi connectivity index (χ0v) is 21.5. The van der Waals surface area contributed by atoms with Crippen LogP contribution in [0.25, 0.3) is 0 Å². The van der Waals surface area contributed by atoms with Crippen molar-refractivity contribution in [2.24, 2.45) is 12.0 Å². The van der Waals surface area contributed by atoms with Gasteiger partial charge in [-0.25, -0.2) is 4.99 Å². The number of nitrogens with zero attached hydrogens (tertiary/aromatic N) is 7. The summed E-state index contributed by atoms with van der Waals surface area (Å²) in [6.45, 7) is 10.2. The second kappa shape index (κ2) is 13.0. The summed E-state index contributed by atoms with van der Waals surface area (Å²) >= 11 is 6.32. The Hall–Kier alpha value is -1.66. The molecule has 1 aliphatic heterocycles. The van der Waals surface area contributed by atoms with Crippen molar-refractivity contribution >= 4 is 47.2 Å². The maximum atomic E-state index is 6.32. The van der Waals surface area contributed by atoms with Gasteiger partial charge in [-0.2, -0.15) is 0 Å². The van der Waals surface area contributed by atoms with E-state index in [0.29, 0.717) is 11.6 Å². The van der Waals surface area contributed by atoms with Crippen molar-refractivity contribution in [3.05, 3.63) is 35.1 Å². The molecular formula is C20H32ClIN8O. The van der Waals surface area contributed by atoms with E-state index in [0.717, 1.165) is 75.7 Å². The molecule has 3 heterocycles. The topological polar surface area (TPSA) is 83.7 Å². The fraction of sp³-hybridized carbons (Fsp3) is 0.600. The minimum Gasteiger partial charge on any atom is -0.382 e. The predicted molar refractivity (Wildman–Crippen MR) is 134 cm³/mol. The quantitative estimate of drug-likeness (QED) is 0.229. The number of aromatic nitrogens is 4. The van der Waals surface area contributed by atoms with Gasteiger partial charge in [-0.3, -0.25) is 4.98 Å². The highest BCUT2D eigenvalue weighted by Gasteiger charge is 2.21. The van der Waals surface area contributed by atoms with Crippen LogP contribution >= 0.6 is 35.6 Å². The first-order valence-corrected chi connectivity index (χ1v) is 10.8. The van der Waals surface area contributed by atoms with Gasteiger partial charge < -0.3 is 24.4 Å². The summed E-state index contributed by atoms with van der Waals surface area (Å²) < 4.78 is 7.42. The van der Waals surface area contributed by atoms with E-state index in [2.05, 4.69) is 30.3 Å². The molecule has 31 heavy (non-hydrogen) atoms. The summed E-state index contributed by atoms with van der Waals surface area (Å²) in [5.41, 5.74) is 1.03. The number of piperazine rings is 1. The van der Waals surface area contributed by atoms with Gasteiger partial charge in [0.1, 0.15) is 12.4 Å². The number of hydrogen-bond donors (Lipinski definition) is 1. The summed E-state index contributed by atoms with van der Waals surface area (Å²) in [5, 5.41) is 12.5. The lowest BCUT2D eigenvalue weighted by atomic mass is 10.2. The van der Waals surface area contributed by atoms with E-state index in [1.807, 2.05) is 31.5 Å². The average molecular weight is 563 g/mol. The first-order valence-electron chi connectivity index (χ1n) is 10.4. The van der Waals surface area contributed by atoms with Gasteiger partial charge in [-0.15, -0.1) is 34.2 Å².